The minimum Gasteiger partial charge on any atom is -0.334 e. The van der Waals surface area contributed by atoms with Crippen LogP contribution in [0.2, 0.25) is 0 Å². The molecule has 0 fully saturated rings. The molecule has 0 aliphatic carbocycles. The Morgan fingerprint density at radius 2 is 1.92 bits per heavy atom. The van der Waals surface area contributed by atoms with Crippen LogP contribution in [0.5, 0.6) is 0 Å². The Morgan fingerprint density at radius 1 is 1.24 bits per heavy atom. The van der Waals surface area contributed by atoms with Gasteiger partial charge in [0.15, 0.2) is 5.82 Å². The summed E-state index contributed by atoms with van der Waals surface area (Å²) in [6.07, 6.45) is 0.734. The van der Waals surface area contributed by atoms with Crippen LogP contribution >= 0.6 is 28.3 Å². The third-order valence-corrected chi connectivity index (χ3v) is 5.16. The van der Waals surface area contributed by atoms with E-state index in [0.717, 1.165) is 33.5 Å². The number of rotatable bonds is 5. The number of aromatic nitrogens is 4. The minimum absolute atomic E-state index is 0. The molecule has 3 rings (SSSR count). The van der Waals surface area contributed by atoms with Crippen LogP contribution in [0.15, 0.2) is 33.3 Å². The topological polar surface area (TPSA) is 68.8 Å². The van der Waals surface area contributed by atoms with Crippen LogP contribution in [-0.2, 0) is 6.42 Å². The van der Waals surface area contributed by atoms with E-state index >= 15 is 0 Å². The van der Waals surface area contributed by atoms with E-state index < -0.39 is 0 Å². The quantitative estimate of drug-likeness (QED) is 0.670. The normalized spacial score (nSPS) is 12.0. The average Bonchev–Trinajstić information content (AvgIpc) is 3.15. The zero-order valence-corrected chi connectivity index (χ0v) is 17.0. The summed E-state index contributed by atoms with van der Waals surface area (Å²) in [6, 6.07) is 8.25. The highest BCUT2D eigenvalue weighted by Gasteiger charge is 2.13. The first kappa shape index (κ1) is 19.6. The predicted molar refractivity (Wildman–Crippen MR) is 104 cm³/mol. The highest BCUT2D eigenvalue weighted by atomic mass is 79.9. The number of likely N-dealkylation sites (N-methyl/N-ethyl adjacent to an activating group) is 1. The summed E-state index contributed by atoms with van der Waals surface area (Å²) in [6.45, 7) is 6.09. The van der Waals surface area contributed by atoms with Gasteiger partial charge < -0.3 is 9.84 Å². The third-order valence-electron chi connectivity index (χ3n) is 4.01. The lowest BCUT2D eigenvalue weighted by Crippen LogP contribution is -2.24. The molecule has 0 amide bonds. The molecule has 8 heteroatoms. The predicted octanol–water partition coefficient (Wildman–Crippen LogP) is 3.87. The Kier molecular flexibility index (Phi) is 6.37. The first-order chi connectivity index (χ1) is 11.5. The van der Waals surface area contributed by atoms with Gasteiger partial charge in [-0.2, -0.15) is 10.1 Å². The summed E-state index contributed by atoms with van der Waals surface area (Å²) in [4.78, 5) is 4.46. The Morgan fingerprint density at radius 3 is 2.48 bits per heavy atom. The van der Waals surface area contributed by atoms with Crippen molar-refractivity contribution in [2.24, 2.45) is 0 Å². The standard InChI is InChI=1S/C17H20BrN5O.ClH/c1-10(19-4)9-15-20-17(24-22-15)13-5-7-14(8-6-13)23-12(3)16(18)11(2)21-23;/h5-8,10,19H,9H2,1-4H3;1H. The average molecular weight is 427 g/mol. The summed E-state index contributed by atoms with van der Waals surface area (Å²) in [7, 11) is 1.92. The van der Waals surface area contributed by atoms with E-state index in [1.54, 1.807) is 0 Å². The van der Waals surface area contributed by atoms with Gasteiger partial charge in [0.25, 0.3) is 5.89 Å². The fraction of sp³-hybridized carbons (Fsp3) is 0.353. The number of nitrogens with zero attached hydrogens (tertiary/aromatic N) is 4. The van der Waals surface area contributed by atoms with Crippen molar-refractivity contribution in [2.45, 2.75) is 33.2 Å². The van der Waals surface area contributed by atoms with Crippen LogP contribution in [0.4, 0.5) is 0 Å². The zero-order valence-electron chi connectivity index (χ0n) is 14.6. The maximum absolute atomic E-state index is 5.37. The van der Waals surface area contributed by atoms with E-state index in [4.69, 9.17) is 4.52 Å². The molecule has 0 aliphatic heterocycles. The number of halogens is 2. The van der Waals surface area contributed by atoms with Crippen LogP contribution in [-0.4, -0.2) is 33.0 Å². The van der Waals surface area contributed by atoms with Gasteiger partial charge in [-0.15, -0.1) is 12.4 Å². The summed E-state index contributed by atoms with van der Waals surface area (Å²) in [5.41, 5.74) is 3.93. The fourth-order valence-corrected chi connectivity index (χ4v) is 2.70. The van der Waals surface area contributed by atoms with Crippen molar-refractivity contribution in [1.82, 2.24) is 25.2 Å². The molecule has 0 saturated carbocycles. The van der Waals surface area contributed by atoms with Gasteiger partial charge in [-0.05, 0) is 68.0 Å². The van der Waals surface area contributed by atoms with Gasteiger partial charge in [0.05, 0.1) is 21.5 Å². The molecular weight excluding hydrogens is 406 g/mol. The lowest BCUT2D eigenvalue weighted by atomic mass is 10.2. The summed E-state index contributed by atoms with van der Waals surface area (Å²) in [5.74, 6) is 1.24. The fourth-order valence-electron chi connectivity index (χ4n) is 2.45. The van der Waals surface area contributed by atoms with Crippen molar-refractivity contribution in [3.05, 3.63) is 46.0 Å². The molecule has 1 atom stereocenters. The zero-order chi connectivity index (χ0) is 17.3. The second-order valence-corrected chi connectivity index (χ2v) is 6.65. The van der Waals surface area contributed by atoms with Crippen LogP contribution < -0.4 is 5.32 Å². The molecule has 1 aromatic carbocycles. The van der Waals surface area contributed by atoms with Gasteiger partial charge in [-0.3, -0.25) is 0 Å². The van der Waals surface area contributed by atoms with Crippen molar-refractivity contribution in [3.63, 3.8) is 0 Å². The summed E-state index contributed by atoms with van der Waals surface area (Å²) >= 11 is 3.55. The second-order valence-electron chi connectivity index (χ2n) is 5.85. The molecule has 1 unspecified atom stereocenters. The molecule has 6 nitrogen and oxygen atoms in total. The van der Waals surface area contributed by atoms with Crippen molar-refractivity contribution in [2.75, 3.05) is 7.05 Å². The lowest BCUT2D eigenvalue weighted by Gasteiger charge is -2.05. The molecule has 2 aromatic heterocycles. The van der Waals surface area contributed by atoms with Crippen LogP contribution in [0.25, 0.3) is 17.1 Å². The molecule has 0 saturated heterocycles. The van der Waals surface area contributed by atoms with E-state index in [2.05, 4.69) is 43.4 Å². The van der Waals surface area contributed by atoms with E-state index in [1.165, 1.54) is 0 Å². The highest BCUT2D eigenvalue weighted by Crippen LogP contribution is 2.24. The van der Waals surface area contributed by atoms with E-state index in [-0.39, 0.29) is 12.4 Å². The van der Waals surface area contributed by atoms with Crippen LogP contribution in [0.1, 0.15) is 24.1 Å². The Balaban J connectivity index is 0.00000225. The van der Waals surface area contributed by atoms with Gasteiger partial charge >= 0.3 is 0 Å². The molecule has 1 N–H and O–H groups in total. The van der Waals surface area contributed by atoms with Gasteiger partial charge in [-0.25, -0.2) is 4.68 Å². The lowest BCUT2D eigenvalue weighted by molar-refractivity contribution is 0.418. The largest absolute Gasteiger partial charge is 0.334 e. The van der Waals surface area contributed by atoms with Crippen molar-refractivity contribution < 1.29 is 4.52 Å². The second kappa shape index (κ2) is 8.12. The first-order valence-electron chi connectivity index (χ1n) is 7.82. The smallest absolute Gasteiger partial charge is 0.257 e. The number of aryl methyl sites for hydroxylation is 1. The SMILES string of the molecule is CNC(C)Cc1noc(-c2ccc(-n3nc(C)c(Br)c3C)cc2)n1.Cl. The molecule has 0 spiro atoms. The number of nitrogens with one attached hydrogen (secondary N) is 1. The minimum atomic E-state index is 0. The molecule has 2 heterocycles. The number of benzene rings is 1. The molecule has 3 aromatic rings. The number of hydrogen-bond donors (Lipinski definition) is 1. The molecule has 25 heavy (non-hydrogen) atoms. The Hall–Kier alpha value is -1.70. The van der Waals surface area contributed by atoms with Gasteiger partial charge in [0.1, 0.15) is 0 Å². The van der Waals surface area contributed by atoms with E-state index in [1.807, 2.05) is 49.8 Å². The van der Waals surface area contributed by atoms with E-state index in [9.17, 15) is 0 Å². The number of hydrogen-bond acceptors (Lipinski definition) is 5. The molecule has 0 aliphatic rings. The van der Waals surface area contributed by atoms with Gasteiger partial charge in [-0.1, -0.05) is 5.16 Å². The molecule has 134 valence electrons. The Labute approximate surface area is 161 Å². The van der Waals surface area contributed by atoms with Gasteiger partial charge in [0.2, 0.25) is 0 Å². The molecule has 0 radical (unpaired) electrons. The van der Waals surface area contributed by atoms with Crippen LogP contribution in [0, 0.1) is 13.8 Å². The third kappa shape index (κ3) is 4.11. The first-order valence-corrected chi connectivity index (χ1v) is 8.61. The highest BCUT2D eigenvalue weighted by molar-refractivity contribution is 9.10. The van der Waals surface area contributed by atoms with Crippen LogP contribution in [0.3, 0.4) is 0 Å². The van der Waals surface area contributed by atoms with Crippen molar-refractivity contribution in [3.8, 4) is 17.1 Å². The Bertz CT molecular complexity index is 843. The maximum atomic E-state index is 5.37. The van der Waals surface area contributed by atoms with E-state index in [0.29, 0.717) is 17.8 Å². The van der Waals surface area contributed by atoms with Crippen molar-refractivity contribution in [1.29, 1.82) is 0 Å². The van der Waals surface area contributed by atoms with Gasteiger partial charge in [0, 0.05) is 18.0 Å². The monoisotopic (exact) mass is 425 g/mol. The maximum Gasteiger partial charge on any atom is 0.257 e. The molecular formula is C17H21BrClN5O. The summed E-state index contributed by atoms with van der Waals surface area (Å²) < 4.78 is 8.32. The summed E-state index contributed by atoms with van der Waals surface area (Å²) in [5, 5.41) is 11.7. The van der Waals surface area contributed by atoms with Crippen molar-refractivity contribution >= 4 is 28.3 Å². The molecule has 0 bridgehead atoms.